The van der Waals surface area contributed by atoms with Gasteiger partial charge in [-0.05, 0) is 30.3 Å². The number of pyridine rings is 1. The number of anilines is 1. The van der Waals surface area contributed by atoms with E-state index in [4.69, 9.17) is 15.7 Å². The van der Waals surface area contributed by atoms with Gasteiger partial charge < -0.3 is 15.2 Å². The number of fused-ring (bicyclic) bond motifs is 1. The Morgan fingerprint density at radius 3 is 2.38 bits per heavy atom. The smallest absolute Gasteiger partial charge is 0.265 e. The SMILES string of the molecule is Cn1cc(S(=O)(=O)N2CCN(c3nc(-c4ccncc4)nc4ccccc34)CC2)cc1C(N)=O. The van der Waals surface area contributed by atoms with Gasteiger partial charge in [-0.15, -0.1) is 0 Å². The zero-order valence-corrected chi connectivity index (χ0v) is 19.3. The van der Waals surface area contributed by atoms with Crippen LogP contribution in [0.25, 0.3) is 22.3 Å². The molecule has 0 bridgehead atoms. The zero-order valence-electron chi connectivity index (χ0n) is 18.5. The van der Waals surface area contributed by atoms with Gasteiger partial charge in [0.25, 0.3) is 5.91 Å². The second kappa shape index (κ2) is 8.50. The number of hydrogen-bond acceptors (Lipinski definition) is 7. The van der Waals surface area contributed by atoms with Crippen LogP contribution >= 0.6 is 0 Å². The van der Waals surface area contributed by atoms with Gasteiger partial charge in [-0.2, -0.15) is 4.31 Å². The fraction of sp³-hybridized carbons (Fsp3) is 0.217. The lowest BCUT2D eigenvalue weighted by Crippen LogP contribution is -2.49. The van der Waals surface area contributed by atoms with Crippen LogP contribution in [-0.4, -0.2) is 64.3 Å². The number of nitrogens with zero attached hydrogens (tertiary/aromatic N) is 6. The highest BCUT2D eigenvalue weighted by Gasteiger charge is 2.31. The van der Waals surface area contributed by atoms with E-state index in [1.165, 1.54) is 21.1 Å². The van der Waals surface area contributed by atoms with E-state index in [9.17, 15) is 13.2 Å². The normalized spacial score (nSPS) is 15.0. The number of aromatic nitrogens is 4. The Kier molecular flexibility index (Phi) is 5.50. The molecule has 0 spiro atoms. The molecule has 11 heteroatoms. The summed E-state index contributed by atoms with van der Waals surface area (Å²) in [5, 5.41) is 0.908. The highest BCUT2D eigenvalue weighted by atomic mass is 32.2. The van der Waals surface area contributed by atoms with Crippen molar-refractivity contribution in [3.05, 3.63) is 66.7 Å². The molecule has 1 aromatic carbocycles. The molecule has 3 aromatic heterocycles. The van der Waals surface area contributed by atoms with E-state index in [2.05, 4.69) is 9.88 Å². The first-order chi connectivity index (χ1) is 16.3. The number of amides is 1. The molecule has 2 N–H and O–H groups in total. The number of para-hydroxylation sites is 1. The van der Waals surface area contributed by atoms with Crippen LogP contribution in [0.1, 0.15) is 10.5 Å². The first-order valence-corrected chi connectivity index (χ1v) is 12.2. The predicted molar refractivity (Wildman–Crippen MR) is 128 cm³/mol. The number of aryl methyl sites for hydroxylation is 1. The topological polar surface area (TPSA) is 127 Å². The molecule has 4 heterocycles. The summed E-state index contributed by atoms with van der Waals surface area (Å²) in [6.45, 7) is 1.50. The van der Waals surface area contributed by atoms with Gasteiger partial charge in [-0.25, -0.2) is 18.4 Å². The summed E-state index contributed by atoms with van der Waals surface area (Å²) >= 11 is 0. The standard InChI is InChI=1S/C23H23N7O3S/c1-28-15-17(14-20(28)21(24)31)34(32,33)30-12-10-29(11-13-30)23-18-4-2-3-5-19(18)26-22(27-23)16-6-8-25-9-7-16/h2-9,14-15H,10-13H2,1H3,(H2,24,31). The maximum absolute atomic E-state index is 13.2. The van der Waals surface area contributed by atoms with E-state index in [1.807, 2.05) is 36.4 Å². The minimum absolute atomic E-state index is 0.0599. The van der Waals surface area contributed by atoms with Crippen LogP contribution in [0.4, 0.5) is 5.82 Å². The highest BCUT2D eigenvalue weighted by Crippen LogP contribution is 2.29. The Bertz CT molecular complexity index is 1480. The van der Waals surface area contributed by atoms with Crippen LogP contribution in [0.2, 0.25) is 0 Å². The van der Waals surface area contributed by atoms with E-state index in [0.717, 1.165) is 22.3 Å². The minimum Gasteiger partial charge on any atom is -0.364 e. The van der Waals surface area contributed by atoms with E-state index in [1.54, 1.807) is 19.4 Å². The van der Waals surface area contributed by atoms with Crippen LogP contribution in [0.15, 0.2) is 66.0 Å². The molecule has 0 unspecified atom stereocenters. The van der Waals surface area contributed by atoms with Crippen LogP contribution in [0.3, 0.4) is 0 Å². The summed E-state index contributed by atoms with van der Waals surface area (Å²) in [4.78, 5) is 27.3. The lowest BCUT2D eigenvalue weighted by Gasteiger charge is -2.35. The zero-order chi connectivity index (χ0) is 23.9. The first kappa shape index (κ1) is 22.0. The van der Waals surface area contributed by atoms with Crippen LogP contribution in [0.5, 0.6) is 0 Å². The molecule has 0 saturated carbocycles. The average Bonchev–Trinajstić information content (AvgIpc) is 3.27. The van der Waals surface area contributed by atoms with Crippen LogP contribution in [0, 0.1) is 0 Å². The molecule has 0 atom stereocenters. The van der Waals surface area contributed by atoms with E-state index >= 15 is 0 Å². The third kappa shape index (κ3) is 3.88. The molecule has 174 valence electrons. The Balaban J connectivity index is 1.43. The molecule has 1 aliphatic rings. The van der Waals surface area contributed by atoms with Gasteiger partial charge in [-0.1, -0.05) is 12.1 Å². The summed E-state index contributed by atoms with van der Waals surface area (Å²) < 4.78 is 29.2. The van der Waals surface area contributed by atoms with Gasteiger partial charge in [0, 0.05) is 62.8 Å². The third-order valence-corrected chi connectivity index (χ3v) is 7.79. The minimum atomic E-state index is -3.76. The van der Waals surface area contributed by atoms with Gasteiger partial charge in [0.05, 0.1) is 5.52 Å². The lowest BCUT2D eigenvalue weighted by molar-refractivity contribution is 0.0992. The van der Waals surface area contributed by atoms with Crippen molar-refractivity contribution in [2.24, 2.45) is 12.8 Å². The maximum Gasteiger partial charge on any atom is 0.265 e. The molecule has 0 aliphatic carbocycles. The molecule has 1 aliphatic heterocycles. The molecule has 1 amide bonds. The van der Waals surface area contributed by atoms with Crippen molar-refractivity contribution in [3.8, 4) is 11.4 Å². The molecular weight excluding hydrogens is 454 g/mol. The third-order valence-electron chi connectivity index (χ3n) is 5.93. The molecule has 1 fully saturated rings. The summed E-state index contributed by atoms with van der Waals surface area (Å²) in [6, 6.07) is 12.8. The quantitative estimate of drug-likeness (QED) is 0.463. The van der Waals surface area contributed by atoms with E-state index < -0.39 is 15.9 Å². The number of carbonyl (C=O) groups is 1. The number of nitrogens with two attached hydrogens (primary N) is 1. The molecule has 10 nitrogen and oxygen atoms in total. The molecule has 0 radical (unpaired) electrons. The van der Waals surface area contributed by atoms with Gasteiger partial charge in [0.1, 0.15) is 16.4 Å². The fourth-order valence-electron chi connectivity index (χ4n) is 4.14. The van der Waals surface area contributed by atoms with Crippen molar-refractivity contribution >= 4 is 32.7 Å². The van der Waals surface area contributed by atoms with Crippen LogP contribution < -0.4 is 10.6 Å². The second-order valence-electron chi connectivity index (χ2n) is 8.05. The van der Waals surface area contributed by atoms with Crippen LogP contribution in [-0.2, 0) is 17.1 Å². The summed E-state index contributed by atoms with van der Waals surface area (Å²) in [6.07, 6.45) is 4.82. The van der Waals surface area contributed by atoms with E-state index in [-0.39, 0.29) is 23.7 Å². The number of hydrogen-bond donors (Lipinski definition) is 1. The Morgan fingerprint density at radius 1 is 1.00 bits per heavy atom. The van der Waals surface area contributed by atoms with Gasteiger partial charge >= 0.3 is 0 Å². The Hall–Kier alpha value is -3.83. The number of piperazine rings is 1. The first-order valence-electron chi connectivity index (χ1n) is 10.7. The van der Waals surface area contributed by atoms with E-state index in [0.29, 0.717) is 18.9 Å². The number of carbonyl (C=O) groups excluding carboxylic acids is 1. The van der Waals surface area contributed by atoms with Crippen molar-refractivity contribution < 1.29 is 13.2 Å². The summed E-state index contributed by atoms with van der Waals surface area (Å²) in [5.74, 6) is 0.689. The molecule has 34 heavy (non-hydrogen) atoms. The number of rotatable bonds is 5. The predicted octanol–water partition coefficient (Wildman–Crippen LogP) is 1.64. The monoisotopic (exact) mass is 477 g/mol. The lowest BCUT2D eigenvalue weighted by atomic mass is 10.2. The molecule has 4 aromatic rings. The molecular formula is C23H23N7O3S. The van der Waals surface area contributed by atoms with Crippen molar-refractivity contribution in [1.82, 2.24) is 23.8 Å². The number of primary amides is 1. The average molecular weight is 478 g/mol. The fourth-order valence-corrected chi connectivity index (χ4v) is 5.63. The van der Waals surface area contributed by atoms with Crippen molar-refractivity contribution in [3.63, 3.8) is 0 Å². The number of sulfonamides is 1. The summed E-state index contributed by atoms with van der Waals surface area (Å²) in [7, 11) is -2.16. The van der Waals surface area contributed by atoms with Crippen molar-refractivity contribution in [1.29, 1.82) is 0 Å². The second-order valence-corrected chi connectivity index (χ2v) is 9.99. The molecule has 5 rings (SSSR count). The largest absolute Gasteiger partial charge is 0.364 e. The molecule has 1 saturated heterocycles. The Labute approximate surface area is 196 Å². The van der Waals surface area contributed by atoms with Gasteiger partial charge in [0.15, 0.2) is 5.82 Å². The van der Waals surface area contributed by atoms with Crippen molar-refractivity contribution in [2.45, 2.75) is 4.90 Å². The van der Waals surface area contributed by atoms with Gasteiger partial charge in [0.2, 0.25) is 10.0 Å². The highest BCUT2D eigenvalue weighted by molar-refractivity contribution is 7.89. The number of benzene rings is 1. The Morgan fingerprint density at radius 2 is 1.71 bits per heavy atom. The van der Waals surface area contributed by atoms with Crippen molar-refractivity contribution in [2.75, 3.05) is 31.1 Å². The summed E-state index contributed by atoms with van der Waals surface area (Å²) in [5.41, 5.74) is 7.16. The van der Waals surface area contributed by atoms with Gasteiger partial charge in [-0.3, -0.25) is 9.78 Å². The maximum atomic E-state index is 13.2.